The summed E-state index contributed by atoms with van der Waals surface area (Å²) in [5.41, 5.74) is 0.510. The number of carbonyl (C=O) groups is 1. The van der Waals surface area contributed by atoms with E-state index in [1.807, 2.05) is 30.3 Å². The van der Waals surface area contributed by atoms with Gasteiger partial charge in [0.15, 0.2) is 0 Å². The normalized spacial score (nSPS) is 20.1. The largest absolute Gasteiger partial charge is 0.427 e. The summed E-state index contributed by atoms with van der Waals surface area (Å²) in [6.45, 7) is 0. The van der Waals surface area contributed by atoms with Crippen molar-refractivity contribution in [2.45, 2.75) is 6.29 Å². The van der Waals surface area contributed by atoms with Crippen LogP contribution in [0.1, 0.15) is 4.88 Å². The second-order valence-corrected chi connectivity index (χ2v) is 5.51. The van der Waals surface area contributed by atoms with Gasteiger partial charge in [0.05, 0.1) is 5.57 Å². The molecule has 3 rings (SSSR count). The third kappa shape index (κ3) is 1.71. The number of fused-ring (bicyclic) bond motifs is 1. The molecule has 1 aromatic heterocycles. The van der Waals surface area contributed by atoms with E-state index in [4.69, 9.17) is 4.74 Å². The zero-order valence-electron chi connectivity index (χ0n) is 8.51. The highest BCUT2D eigenvalue weighted by atomic mass is 79.9. The topological polar surface area (TPSA) is 46.5 Å². The summed E-state index contributed by atoms with van der Waals surface area (Å²) in [5.74, 6) is -0.523. The fraction of sp³-hybridized carbons (Fsp3) is 0.0833. The lowest BCUT2D eigenvalue weighted by Crippen LogP contribution is -2.08. The molecule has 2 aromatic rings. The number of halogens is 1. The highest BCUT2D eigenvalue weighted by Gasteiger charge is 2.33. The van der Waals surface area contributed by atoms with Crippen LogP contribution in [-0.2, 0) is 9.53 Å². The minimum absolute atomic E-state index is 0.302. The van der Waals surface area contributed by atoms with Crippen LogP contribution in [0.2, 0.25) is 0 Å². The number of cyclic esters (lactones) is 1. The van der Waals surface area contributed by atoms with Crippen molar-refractivity contribution in [2.24, 2.45) is 0 Å². The Morgan fingerprint density at radius 2 is 2.12 bits per heavy atom. The lowest BCUT2D eigenvalue weighted by molar-refractivity contribution is -0.149. The molecule has 5 heteroatoms. The monoisotopic (exact) mass is 310 g/mol. The predicted molar refractivity (Wildman–Crippen MR) is 69.8 cm³/mol. The highest BCUT2D eigenvalue weighted by Crippen LogP contribution is 2.39. The Balaban J connectivity index is 2.19. The van der Waals surface area contributed by atoms with Crippen molar-refractivity contribution in [1.82, 2.24) is 0 Å². The molecule has 0 bridgehead atoms. The Hall–Kier alpha value is -1.17. The number of esters is 1. The number of aliphatic hydroxyl groups is 1. The van der Waals surface area contributed by atoms with Gasteiger partial charge in [-0.25, -0.2) is 4.79 Å². The van der Waals surface area contributed by atoms with Crippen LogP contribution in [0.5, 0.6) is 0 Å². The second-order valence-electron chi connectivity index (χ2n) is 3.63. The highest BCUT2D eigenvalue weighted by molar-refractivity contribution is 9.12. The van der Waals surface area contributed by atoms with E-state index < -0.39 is 12.3 Å². The molecule has 0 radical (unpaired) electrons. The Labute approximate surface area is 109 Å². The van der Waals surface area contributed by atoms with Crippen LogP contribution in [0.4, 0.5) is 0 Å². The summed E-state index contributed by atoms with van der Waals surface area (Å²) >= 11 is 4.68. The van der Waals surface area contributed by atoms with E-state index in [9.17, 15) is 9.90 Å². The van der Waals surface area contributed by atoms with Gasteiger partial charge in [-0.15, -0.1) is 11.3 Å². The number of ether oxygens (including phenoxy) is 1. The number of thiophene rings is 1. The Morgan fingerprint density at radius 3 is 2.76 bits per heavy atom. The molecule has 1 aromatic carbocycles. The molecular formula is C12H7BrO3S. The van der Waals surface area contributed by atoms with Gasteiger partial charge in [0.25, 0.3) is 0 Å². The average Bonchev–Trinajstić information content (AvgIpc) is 2.81. The maximum Gasteiger partial charge on any atom is 0.348 e. The van der Waals surface area contributed by atoms with Gasteiger partial charge < -0.3 is 9.84 Å². The van der Waals surface area contributed by atoms with Gasteiger partial charge in [-0.2, -0.15) is 0 Å². The van der Waals surface area contributed by atoms with E-state index in [2.05, 4.69) is 15.9 Å². The average molecular weight is 311 g/mol. The summed E-state index contributed by atoms with van der Waals surface area (Å²) in [5, 5.41) is 10.8. The molecule has 2 heterocycles. The van der Waals surface area contributed by atoms with E-state index >= 15 is 0 Å². The van der Waals surface area contributed by atoms with Crippen LogP contribution in [0, 0.1) is 0 Å². The first-order valence-electron chi connectivity index (χ1n) is 4.94. The lowest BCUT2D eigenvalue weighted by Gasteiger charge is -2.03. The Kier molecular flexibility index (Phi) is 2.54. The van der Waals surface area contributed by atoms with Crippen molar-refractivity contribution < 1.29 is 14.6 Å². The van der Waals surface area contributed by atoms with Crippen LogP contribution < -0.4 is 0 Å². The number of hydrogen-bond donors (Lipinski definition) is 1. The third-order valence-corrected chi connectivity index (χ3v) is 4.47. The molecule has 17 heavy (non-hydrogen) atoms. The van der Waals surface area contributed by atoms with Crippen molar-refractivity contribution >= 4 is 48.9 Å². The molecule has 0 saturated heterocycles. The van der Waals surface area contributed by atoms with E-state index in [-0.39, 0.29) is 0 Å². The van der Waals surface area contributed by atoms with E-state index in [0.717, 1.165) is 15.0 Å². The SMILES string of the molecule is O=C1O[C@H](O)C(c2cc3ccccc3s2)=C1Br. The Bertz CT molecular complexity index is 611. The first-order chi connectivity index (χ1) is 8.16. The first kappa shape index (κ1) is 11.0. The van der Waals surface area contributed by atoms with Crippen LogP contribution in [0.25, 0.3) is 15.7 Å². The molecule has 1 N–H and O–H groups in total. The number of carbonyl (C=O) groups excluding carboxylic acids is 1. The third-order valence-electron chi connectivity index (χ3n) is 2.57. The molecule has 0 aliphatic carbocycles. The summed E-state index contributed by atoms with van der Waals surface area (Å²) < 4.78 is 6.15. The minimum Gasteiger partial charge on any atom is -0.427 e. The van der Waals surface area contributed by atoms with Crippen LogP contribution >= 0.6 is 27.3 Å². The van der Waals surface area contributed by atoms with Gasteiger partial charge in [0, 0.05) is 9.58 Å². The molecule has 1 aliphatic heterocycles. The van der Waals surface area contributed by atoms with Crippen molar-refractivity contribution in [3.05, 3.63) is 39.7 Å². The molecule has 1 atom stereocenters. The van der Waals surface area contributed by atoms with Crippen molar-refractivity contribution in [1.29, 1.82) is 0 Å². The molecule has 86 valence electrons. The van der Waals surface area contributed by atoms with Crippen LogP contribution in [-0.4, -0.2) is 17.4 Å². The maximum atomic E-state index is 11.3. The molecule has 0 spiro atoms. The molecule has 0 saturated carbocycles. The van der Waals surface area contributed by atoms with E-state index in [0.29, 0.717) is 10.1 Å². The smallest absolute Gasteiger partial charge is 0.348 e. The van der Waals surface area contributed by atoms with Gasteiger partial charge in [-0.1, -0.05) is 18.2 Å². The van der Waals surface area contributed by atoms with Crippen LogP contribution in [0.3, 0.4) is 0 Å². The zero-order valence-corrected chi connectivity index (χ0v) is 10.9. The summed E-state index contributed by atoms with van der Waals surface area (Å²) in [7, 11) is 0. The quantitative estimate of drug-likeness (QED) is 0.824. The zero-order chi connectivity index (χ0) is 12.0. The van der Waals surface area contributed by atoms with Crippen molar-refractivity contribution in [2.75, 3.05) is 0 Å². The molecule has 0 fully saturated rings. The number of rotatable bonds is 1. The second kappa shape index (κ2) is 3.94. The molecular weight excluding hydrogens is 304 g/mol. The fourth-order valence-corrected chi connectivity index (χ4v) is 3.54. The minimum atomic E-state index is -1.18. The van der Waals surface area contributed by atoms with Gasteiger partial charge in [0.1, 0.15) is 4.48 Å². The molecule has 0 unspecified atom stereocenters. The lowest BCUT2D eigenvalue weighted by atomic mass is 10.2. The van der Waals surface area contributed by atoms with Crippen LogP contribution in [0.15, 0.2) is 34.8 Å². The van der Waals surface area contributed by atoms with Gasteiger partial charge in [-0.05, 0) is 33.4 Å². The summed E-state index contributed by atoms with van der Waals surface area (Å²) in [6.07, 6.45) is -1.18. The number of benzene rings is 1. The van der Waals surface area contributed by atoms with E-state index in [1.165, 1.54) is 11.3 Å². The van der Waals surface area contributed by atoms with Gasteiger partial charge in [0.2, 0.25) is 6.29 Å². The Morgan fingerprint density at radius 1 is 1.35 bits per heavy atom. The molecule has 1 aliphatic rings. The van der Waals surface area contributed by atoms with Crippen molar-refractivity contribution in [3.8, 4) is 0 Å². The van der Waals surface area contributed by atoms with Crippen molar-refractivity contribution in [3.63, 3.8) is 0 Å². The fourth-order valence-electron chi connectivity index (χ4n) is 1.77. The molecule has 3 nitrogen and oxygen atoms in total. The first-order valence-corrected chi connectivity index (χ1v) is 6.55. The standard InChI is InChI=1S/C12H7BrO3S/c13-10-9(11(14)16-12(10)15)8-5-6-3-1-2-4-7(6)17-8/h1-5,11,14H/t11-/m0/s1. The number of hydrogen-bond acceptors (Lipinski definition) is 4. The predicted octanol–water partition coefficient (Wildman–Crippen LogP) is 2.88. The summed E-state index contributed by atoms with van der Waals surface area (Å²) in [4.78, 5) is 12.1. The van der Waals surface area contributed by atoms with Gasteiger partial charge in [-0.3, -0.25) is 0 Å². The molecule has 0 amide bonds. The number of aliphatic hydroxyl groups excluding tert-OH is 1. The van der Waals surface area contributed by atoms with E-state index in [1.54, 1.807) is 0 Å². The maximum absolute atomic E-state index is 11.3. The summed E-state index contributed by atoms with van der Waals surface area (Å²) in [6, 6.07) is 9.85. The van der Waals surface area contributed by atoms with Gasteiger partial charge >= 0.3 is 5.97 Å².